The van der Waals surface area contributed by atoms with E-state index in [1.807, 2.05) is 0 Å². The molecular weight excluding hydrogens is 494 g/mol. The zero-order valence-corrected chi connectivity index (χ0v) is 20.5. The molecule has 4 N–H and O–H groups in total. The number of carbonyl (C=O) groups is 2. The number of carbonyl (C=O) groups excluding carboxylic acids is 2. The number of nitrogens with two attached hydrogens (primary N) is 1. The summed E-state index contributed by atoms with van der Waals surface area (Å²) >= 11 is 0. The lowest BCUT2D eigenvalue weighted by atomic mass is 10.1. The first kappa shape index (κ1) is 26.6. The number of oxazole rings is 1. The van der Waals surface area contributed by atoms with Crippen LogP contribution in [0.5, 0.6) is 11.5 Å². The molecule has 2 amide bonds. The van der Waals surface area contributed by atoms with E-state index in [2.05, 4.69) is 19.8 Å². The highest BCUT2D eigenvalue weighted by Crippen LogP contribution is 2.37. The number of aliphatic hydroxyl groups excluding tert-OH is 1. The molecule has 0 radical (unpaired) electrons. The standard InChI is InChI=1S/C24H30F2N4O7/c1-12(27)20-19(22(32)30-9-15(8-16(30)10-31)28-24(33)34-2)29-21(37-20)14-5-6-17(36-23(25)26)18(7-14)35-11-13-3-4-13/h5-7,12-13,15-16,23,31H,3-4,8-11,27H2,1-2H3,(H,28,33)/t12-,15+,16-/m0/s1. The summed E-state index contributed by atoms with van der Waals surface area (Å²) < 4.78 is 46.5. The fourth-order valence-electron chi connectivity index (χ4n) is 4.16. The molecule has 0 unspecified atom stereocenters. The predicted molar refractivity (Wildman–Crippen MR) is 125 cm³/mol. The van der Waals surface area contributed by atoms with Crippen molar-refractivity contribution in [2.75, 3.05) is 26.9 Å². The third kappa shape index (κ3) is 6.28. The monoisotopic (exact) mass is 524 g/mol. The second-order valence-electron chi connectivity index (χ2n) is 9.18. The van der Waals surface area contributed by atoms with Gasteiger partial charge in [-0.1, -0.05) is 0 Å². The van der Waals surface area contributed by atoms with Crippen molar-refractivity contribution in [3.63, 3.8) is 0 Å². The topological polar surface area (TPSA) is 149 Å². The van der Waals surface area contributed by atoms with Crippen LogP contribution in [0.25, 0.3) is 11.5 Å². The number of aliphatic hydroxyl groups is 1. The molecule has 202 valence electrons. The van der Waals surface area contributed by atoms with E-state index >= 15 is 0 Å². The fourth-order valence-corrected chi connectivity index (χ4v) is 4.16. The molecule has 1 aromatic heterocycles. The Kier molecular flexibility index (Phi) is 8.13. The van der Waals surface area contributed by atoms with Gasteiger partial charge in [0.1, 0.15) is 0 Å². The number of halogens is 2. The molecule has 1 aromatic carbocycles. The van der Waals surface area contributed by atoms with E-state index in [1.54, 1.807) is 6.92 Å². The van der Waals surface area contributed by atoms with Crippen LogP contribution in [0, 0.1) is 5.92 Å². The van der Waals surface area contributed by atoms with Gasteiger partial charge in [0, 0.05) is 12.1 Å². The number of likely N-dealkylation sites (tertiary alicyclic amines) is 1. The Morgan fingerprint density at radius 2 is 2.08 bits per heavy atom. The molecule has 1 aliphatic heterocycles. The Bertz CT molecular complexity index is 1120. The van der Waals surface area contributed by atoms with E-state index in [0.717, 1.165) is 12.8 Å². The first-order valence-corrected chi connectivity index (χ1v) is 11.9. The van der Waals surface area contributed by atoms with Gasteiger partial charge in [-0.25, -0.2) is 9.78 Å². The Labute approximate surface area is 211 Å². The van der Waals surface area contributed by atoms with Gasteiger partial charge in [0.2, 0.25) is 5.89 Å². The molecule has 0 bridgehead atoms. The molecule has 2 heterocycles. The van der Waals surface area contributed by atoms with Gasteiger partial charge < -0.3 is 39.7 Å². The number of amides is 2. The van der Waals surface area contributed by atoms with Crippen LogP contribution < -0.4 is 20.5 Å². The molecule has 1 aliphatic carbocycles. The molecule has 1 saturated heterocycles. The van der Waals surface area contributed by atoms with Crippen molar-refractivity contribution in [3.8, 4) is 23.0 Å². The van der Waals surface area contributed by atoms with Gasteiger partial charge in [-0.2, -0.15) is 8.78 Å². The number of methoxy groups -OCH3 is 1. The van der Waals surface area contributed by atoms with E-state index in [9.17, 15) is 23.5 Å². The highest BCUT2D eigenvalue weighted by Gasteiger charge is 2.39. The minimum atomic E-state index is -3.03. The van der Waals surface area contributed by atoms with Gasteiger partial charge in [-0.15, -0.1) is 0 Å². The van der Waals surface area contributed by atoms with E-state index in [0.29, 0.717) is 24.5 Å². The van der Waals surface area contributed by atoms with Crippen molar-refractivity contribution in [1.29, 1.82) is 0 Å². The minimum absolute atomic E-state index is 0.0412. The van der Waals surface area contributed by atoms with Crippen LogP contribution in [-0.4, -0.2) is 72.6 Å². The minimum Gasteiger partial charge on any atom is -0.489 e. The maximum absolute atomic E-state index is 13.5. The summed E-state index contributed by atoms with van der Waals surface area (Å²) in [5, 5.41) is 12.5. The van der Waals surface area contributed by atoms with Crippen LogP contribution in [0.2, 0.25) is 0 Å². The van der Waals surface area contributed by atoms with E-state index < -0.39 is 36.7 Å². The van der Waals surface area contributed by atoms with Gasteiger partial charge in [-0.3, -0.25) is 4.79 Å². The van der Waals surface area contributed by atoms with Crippen LogP contribution in [-0.2, 0) is 4.74 Å². The summed E-state index contributed by atoms with van der Waals surface area (Å²) in [5.74, 6) is -0.0140. The average Bonchev–Trinajstić information content (AvgIpc) is 3.43. The molecule has 37 heavy (non-hydrogen) atoms. The summed E-state index contributed by atoms with van der Waals surface area (Å²) in [7, 11) is 1.23. The molecule has 2 aliphatic rings. The number of alkyl halides is 2. The number of rotatable bonds is 10. The molecule has 2 fully saturated rings. The maximum Gasteiger partial charge on any atom is 0.407 e. The number of benzene rings is 1. The number of aromatic nitrogens is 1. The van der Waals surface area contributed by atoms with Gasteiger partial charge in [-0.05, 0) is 50.3 Å². The maximum atomic E-state index is 13.5. The van der Waals surface area contributed by atoms with Crippen molar-refractivity contribution in [1.82, 2.24) is 15.2 Å². The average molecular weight is 525 g/mol. The number of nitrogens with zero attached hydrogens (tertiary/aromatic N) is 2. The second kappa shape index (κ2) is 11.3. The lowest BCUT2D eigenvalue weighted by Crippen LogP contribution is -2.40. The van der Waals surface area contributed by atoms with Gasteiger partial charge in [0.05, 0.1) is 38.4 Å². The zero-order chi connectivity index (χ0) is 26.7. The molecular formula is C24H30F2N4O7. The van der Waals surface area contributed by atoms with Crippen molar-refractivity contribution in [3.05, 3.63) is 29.7 Å². The second-order valence-corrected chi connectivity index (χ2v) is 9.18. The zero-order valence-electron chi connectivity index (χ0n) is 20.5. The quantitative estimate of drug-likeness (QED) is 0.426. The predicted octanol–water partition coefficient (Wildman–Crippen LogP) is 2.68. The van der Waals surface area contributed by atoms with Gasteiger partial charge >= 0.3 is 12.7 Å². The first-order chi connectivity index (χ1) is 17.7. The molecule has 1 saturated carbocycles. The Balaban J connectivity index is 1.62. The Morgan fingerprint density at radius 1 is 1.32 bits per heavy atom. The van der Waals surface area contributed by atoms with Crippen LogP contribution >= 0.6 is 0 Å². The third-order valence-corrected chi connectivity index (χ3v) is 6.24. The number of hydrogen-bond acceptors (Lipinski definition) is 9. The summed E-state index contributed by atoms with van der Waals surface area (Å²) in [4.78, 5) is 30.9. The first-order valence-electron chi connectivity index (χ1n) is 11.9. The van der Waals surface area contributed by atoms with Crippen molar-refractivity contribution >= 4 is 12.0 Å². The Hall–Kier alpha value is -3.45. The van der Waals surface area contributed by atoms with Crippen molar-refractivity contribution < 1.29 is 42.1 Å². The van der Waals surface area contributed by atoms with E-state index in [-0.39, 0.29) is 42.0 Å². The van der Waals surface area contributed by atoms with Crippen LogP contribution in [0.1, 0.15) is 48.5 Å². The molecule has 4 rings (SSSR count). The number of alkyl carbamates (subject to hydrolysis) is 1. The Morgan fingerprint density at radius 3 is 2.70 bits per heavy atom. The smallest absolute Gasteiger partial charge is 0.407 e. The SMILES string of the molecule is COC(=O)N[C@@H]1C[C@@H](CO)N(C(=O)c2nc(-c3ccc(OC(F)F)c(OCC4CC4)c3)oc2[C@H](C)N)C1. The molecule has 11 nitrogen and oxygen atoms in total. The lowest BCUT2D eigenvalue weighted by molar-refractivity contribution is -0.0515. The number of hydrogen-bond donors (Lipinski definition) is 3. The normalized spacial score (nSPS) is 20.1. The van der Waals surface area contributed by atoms with E-state index in [4.69, 9.17) is 14.9 Å². The van der Waals surface area contributed by atoms with E-state index in [1.165, 1.54) is 30.2 Å². The van der Waals surface area contributed by atoms with Crippen molar-refractivity contribution in [2.45, 2.75) is 50.9 Å². The third-order valence-electron chi connectivity index (χ3n) is 6.24. The summed E-state index contributed by atoms with van der Waals surface area (Å²) in [6.07, 6.45) is 1.70. The fraction of sp³-hybridized carbons (Fsp3) is 0.542. The van der Waals surface area contributed by atoms with Crippen LogP contribution in [0.4, 0.5) is 13.6 Å². The van der Waals surface area contributed by atoms with Crippen LogP contribution in [0.3, 0.4) is 0 Å². The highest BCUT2D eigenvalue weighted by molar-refractivity contribution is 5.94. The number of ether oxygens (including phenoxy) is 3. The summed E-state index contributed by atoms with van der Waals surface area (Å²) in [6, 6.07) is 2.57. The van der Waals surface area contributed by atoms with Gasteiger partial charge in [0.15, 0.2) is 23.0 Å². The largest absolute Gasteiger partial charge is 0.489 e. The lowest BCUT2D eigenvalue weighted by Gasteiger charge is -2.22. The van der Waals surface area contributed by atoms with Crippen LogP contribution in [0.15, 0.2) is 22.6 Å². The molecule has 2 aromatic rings. The van der Waals surface area contributed by atoms with Gasteiger partial charge in [0.25, 0.3) is 5.91 Å². The molecule has 0 spiro atoms. The molecule has 13 heteroatoms. The van der Waals surface area contributed by atoms with Crippen molar-refractivity contribution in [2.24, 2.45) is 11.7 Å². The summed E-state index contributed by atoms with van der Waals surface area (Å²) in [6.45, 7) is -1.24. The number of nitrogens with one attached hydrogen (secondary N) is 1. The highest BCUT2D eigenvalue weighted by atomic mass is 19.3. The molecule has 3 atom stereocenters. The summed E-state index contributed by atoms with van der Waals surface area (Å²) in [5.41, 5.74) is 6.39.